The number of aryl methyl sites for hydroxylation is 1. The van der Waals surface area contributed by atoms with Gasteiger partial charge in [-0.1, -0.05) is 54.1 Å². The average molecular weight is 317 g/mol. The third kappa shape index (κ3) is 5.51. The highest BCUT2D eigenvalue weighted by Crippen LogP contribution is 2.10. The van der Waals surface area contributed by atoms with E-state index in [-0.39, 0.29) is 5.91 Å². The van der Waals surface area contributed by atoms with Crippen molar-refractivity contribution < 1.29 is 4.79 Å². The summed E-state index contributed by atoms with van der Waals surface area (Å²) in [5, 5.41) is 3.58. The van der Waals surface area contributed by atoms with E-state index in [0.717, 1.165) is 18.4 Å². The molecule has 3 N–H and O–H groups in total. The Kier molecular flexibility index (Phi) is 6.44. The molecule has 1 atom stereocenters. The van der Waals surface area contributed by atoms with Gasteiger partial charge in [-0.3, -0.25) is 4.79 Å². The summed E-state index contributed by atoms with van der Waals surface area (Å²) in [6.07, 6.45) is 2.37. The summed E-state index contributed by atoms with van der Waals surface area (Å²) in [4.78, 5) is 12.0. The predicted molar refractivity (Wildman–Crippen MR) is 90.9 cm³/mol. The second-order valence-electron chi connectivity index (χ2n) is 5.32. The van der Waals surface area contributed by atoms with Gasteiger partial charge in [0.1, 0.15) is 0 Å². The van der Waals surface area contributed by atoms with Gasteiger partial charge >= 0.3 is 0 Å². The van der Waals surface area contributed by atoms with Crippen molar-refractivity contribution in [2.24, 2.45) is 5.73 Å². The molecule has 3 nitrogen and oxygen atoms in total. The van der Waals surface area contributed by atoms with E-state index in [2.05, 4.69) is 17.4 Å². The van der Waals surface area contributed by atoms with Crippen LogP contribution in [0.2, 0.25) is 5.02 Å². The maximum atomic E-state index is 12.0. The Bertz CT molecular complexity index is 584. The van der Waals surface area contributed by atoms with E-state index in [1.54, 1.807) is 12.1 Å². The molecule has 0 aliphatic rings. The van der Waals surface area contributed by atoms with Crippen LogP contribution in [0.3, 0.4) is 0 Å². The fourth-order valence-electron chi connectivity index (χ4n) is 2.25. The second kappa shape index (κ2) is 8.57. The first-order valence-electron chi connectivity index (χ1n) is 7.47. The summed E-state index contributed by atoms with van der Waals surface area (Å²) in [5.74, 6) is -0.108. The average Bonchev–Trinajstić information content (AvgIpc) is 2.54. The zero-order chi connectivity index (χ0) is 15.8. The van der Waals surface area contributed by atoms with E-state index in [1.165, 1.54) is 5.56 Å². The van der Waals surface area contributed by atoms with Crippen LogP contribution in [-0.4, -0.2) is 18.5 Å². The van der Waals surface area contributed by atoms with Gasteiger partial charge in [0.15, 0.2) is 0 Å². The molecule has 1 amide bonds. The van der Waals surface area contributed by atoms with E-state index in [0.29, 0.717) is 18.0 Å². The lowest BCUT2D eigenvalue weighted by atomic mass is 10.1. The fourth-order valence-corrected chi connectivity index (χ4v) is 2.37. The van der Waals surface area contributed by atoms with Crippen LogP contribution in [0, 0.1) is 0 Å². The Morgan fingerprint density at radius 2 is 1.73 bits per heavy atom. The van der Waals surface area contributed by atoms with Crippen molar-refractivity contribution in [1.29, 1.82) is 0 Å². The molecule has 4 heteroatoms. The molecule has 116 valence electrons. The van der Waals surface area contributed by atoms with Crippen molar-refractivity contribution in [1.82, 2.24) is 5.32 Å². The first-order chi connectivity index (χ1) is 10.6. The molecule has 0 saturated carbocycles. The van der Waals surface area contributed by atoms with Gasteiger partial charge in [0.2, 0.25) is 5.91 Å². The minimum Gasteiger partial charge on any atom is -0.355 e. The van der Waals surface area contributed by atoms with Crippen LogP contribution in [0.4, 0.5) is 0 Å². The number of benzene rings is 2. The van der Waals surface area contributed by atoms with E-state index < -0.39 is 6.04 Å². The number of amides is 1. The SMILES string of the molecule is N[C@@H](Cc1ccc(Cl)cc1)C(=O)NCCCc1ccccc1. The summed E-state index contributed by atoms with van der Waals surface area (Å²) < 4.78 is 0. The predicted octanol–water partition coefficient (Wildman–Crippen LogP) is 2.96. The molecule has 2 rings (SSSR count). The third-order valence-electron chi connectivity index (χ3n) is 3.49. The zero-order valence-corrected chi connectivity index (χ0v) is 13.2. The smallest absolute Gasteiger partial charge is 0.237 e. The molecule has 0 aromatic heterocycles. The number of nitrogens with one attached hydrogen (secondary N) is 1. The van der Waals surface area contributed by atoms with Crippen molar-refractivity contribution >= 4 is 17.5 Å². The molecule has 0 fully saturated rings. The molecular weight excluding hydrogens is 296 g/mol. The Labute approximate surface area is 136 Å². The van der Waals surface area contributed by atoms with E-state index in [1.807, 2.05) is 30.3 Å². The molecule has 2 aromatic carbocycles. The number of carbonyl (C=O) groups excluding carboxylic acids is 1. The normalized spacial score (nSPS) is 11.9. The number of hydrogen-bond donors (Lipinski definition) is 2. The van der Waals surface area contributed by atoms with Gasteiger partial charge in [0.05, 0.1) is 6.04 Å². The summed E-state index contributed by atoms with van der Waals surface area (Å²) in [6, 6.07) is 17.1. The van der Waals surface area contributed by atoms with Gasteiger partial charge in [-0.2, -0.15) is 0 Å². The quantitative estimate of drug-likeness (QED) is 0.772. The Balaban J connectivity index is 1.69. The molecule has 0 aliphatic carbocycles. The molecule has 2 aromatic rings. The molecular formula is C18H21ClN2O. The van der Waals surface area contributed by atoms with Crippen LogP contribution < -0.4 is 11.1 Å². The zero-order valence-electron chi connectivity index (χ0n) is 12.5. The van der Waals surface area contributed by atoms with Gasteiger partial charge < -0.3 is 11.1 Å². The lowest BCUT2D eigenvalue weighted by molar-refractivity contribution is -0.122. The van der Waals surface area contributed by atoms with Crippen molar-refractivity contribution in [2.75, 3.05) is 6.54 Å². The Hall–Kier alpha value is -1.84. The molecule has 0 bridgehead atoms. The minimum atomic E-state index is -0.530. The van der Waals surface area contributed by atoms with E-state index >= 15 is 0 Å². The van der Waals surface area contributed by atoms with Crippen LogP contribution in [0.15, 0.2) is 54.6 Å². The highest BCUT2D eigenvalue weighted by molar-refractivity contribution is 6.30. The Morgan fingerprint density at radius 1 is 1.05 bits per heavy atom. The maximum absolute atomic E-state index is 12.0. The monoisotopic (exact) mass is 316 g/mol. The van der Waals surface area contributed by atoms with Gasteiger partial charge in [-0.05, 0) is 42.5 Å². The molecule has 0 saturated heterocycles. The van der Waals surface area contributed by atoms with Crippen molar-refractivity contribution in [3.8, 4) is 0 Å². The molecule has 0 spiro atoms. The number of hydrogen-bond acceptors (Lipinski definition) is 2. The molecule has 0 unspecified atom stereocenters. The van der Waals surface area contributed by atoms with Crippen LogP contribution in [0.5, 0.6) is 0 Å². The largest absolute Gasteiger partial charge is 0.355 e. The lowest BCUT2D eigenvalue weighted by Crippen LogP contribution is -2.42. The highest BCUT2D eigenvalue weighted by atomic mass is 35.5. The topological polar surface area (TPSA) is 55.1 Å². The summed E-state index contributed by atoms with van der Waals surface area (Å²) in [6.45, 7) is 0.641. The van der Waals surface area contributed by atoms with E-state index in [9.17, 15) is 4.79 Å². The standard InChI is InChI=1S/C18H21ClN2O/c19-16-10-8-15(9-11-16)13-17(20)18(22)21-12-4-7-14-5-2-1-3-6-14/h1-3,5-6,8-11,17H,4,7,12-13,20H2,(H,21,22)/t17-/m0/s1. The van der Waals surface area contributed by atoms with E-state index in [4.69, 9.17) is 17.3 Å². The second-order valence-corrected chi connectivity index (χ2v) is 5.75. The highest BCUT2D eigenvalue weighted by Gasteiger charge is 2.13. The number of carbonyl (C=O) groups is 1. The lowest BCUT2D eigenvalue weighted by Gasteiger charge is -2.12. The van der Waals surface area contributed by atoms with Crippen LogP contribution in [-0.2, 0) is 17.6 Å². The molecule has 0 heterocycles. The van der Waals surface area contributed by atoms with Gasteiger partial charge in [-0.25, -0.2) is 0 Å². The molecule has 22 heavy (non-hydrogen) atoms. The van der Waals surface area contributed by atoms with Crippen molar-refractivity contribution in [3.05, 3.63) is 70.7 Å². The Morgan fingerprint density at radius 3 is 2.41 bits per heavy atom. The maximum Gasteiger partial charge on any atom is 0.237 e. The first kappa shape index (κ1) is 16.5. The summed E-state index contributed by atoms with van der Waals surface area (Å²) in [7, 11) is 0. The van der Waals surface area contributed by atoms with Gasteiger partial charge in [0.25, 0.3) is 0 Å². The van der Waals surface area contributed by atoms with Crippen LogP contribution >= 0.6 is 11.6 Å². The number of halogens is 1. The number of rotatable bonds is 7. The number of nitrogens with two attached hydrogens (primary N) is 1. The third-order valence-corrected chi connectivity index (χ3v) is 3.74. The summed E-state index contributed by atoms with van der Waals surface area (Å²) >= 11 is 5.84. The van der Waals surface area contributed by atoms with Crippen molar-refractivity contribution in [3.63, 3.8) is 0 Å². The van der Waals surface area contributed by atoms with Crippen molar-refractivity contribution in [2.45, 2.75) is 25.3 Å². The summed E-state index contributed by atoms with van der Waals surface area (Å²) in [5.41, 5.74) is 8.23. The van der Waals surface area contributed by atoms with Crippen LogP contribution in [0.1, 0.15) is 17.5 Å². The van der Waals surface area contributed by atoms with Gasteiger partial charge in [0, 0.05) is 11.6 Å². The van der Waals surface area contributed by atoms with Gasteiger partial charge in [-0.15, -0.1) is 0 Å². The minimum absolute atomic E-state index is 0.108. The fraction of sp³-hybridized carbons (Fsp3) is 0.278. The van der Waals surface area contributed by atoms with Crippen LogP contribution in [0.25, 0.3) is 0 Å². The molecule has 0 aliphatic heterocycles. The first-order valence-corrected chi connectivity index (χ1v) is 7.84. The molecule has 0 radical (unpaired) electrons.